The van der Waals surface area contributed by atoms with E-state index in [0.29, 0.717) is 17.9 Å². The lowest BCUT2D eigenvalue weighted by Crippen LogP contribution is -2.29. The fourth-order valence-electron chi connectivity index (χ4n) is 2.36. The Kier molecular flexibility index (Phi) is 5.10. The quantitative estimate of drug-likeness (QED) is 0.703. The fourth-order valence-corrected chi connectivity index (χ4v) is 3.85. The summed E-state index contributed by atoms with van der Waals surface area (Å²) in [6.07, 6.45) is 0. The molecule has 0 fully saturated rings. The molecular weight excluding hydrogens is 326 g/mol. The molecule has 3 aromatic rings. The van der Waals surface area contributed by atoms with Crippen molar-refractivity contribution in [1.82, 2.24) is 5.32 Å². The Morgan fingerprint density at radius 2 is 2.04 bits per heavy atom. The van der Waals surface area contributed by atoms with Gasteiger partial charge in [0.2, 0.25) is 0 Å². The van der Waals surface area contributed by atoms with Crippen molar-refractivity contribution in [3.8, 4) is 5.75 Å². The van der Waals surface area contributed by atoms with E-state index in [1.54, 1.807) is 28.7 Å². The van der Waals surface area contributed by atoms with E-state index in [2.05, 4.69) is 10.7 Å². The Balaban J connectivity index is 1.88. The Hall–Kier alpha value is -2.11. The molecule has 3 rings (SSSR count). The van der Waals surface area contributed by atoms with Crippen molar-refractivity contribution in [1.29, 1.82) is 0 Å². The summed E-state index contributed by atoms with van der Waals surface area (Å²) in [5.41, 5.74) is 1.66. The van der Waals surface area contributed by atoms with E-state index in [-0.39, 0.29) is 11.9 Å². The summed E-state index contributed by atoms with van der Waals surface area (Å²) in [6, 6.07) is 13.3. The van der Waals surface area contributed by atoms with Gasteiger partial charge >= 0.3 is 0 Å². The highest BCUT2D eigenvalue weighted by Gasteiger charge is 2.21. The minimum absolute atomic E-state index is 0.126. The first-order valence-electron chi connectivity index (χ1n) is 7.37. The molecule has 0 bridgehead atoms. The summed E-state index contributed by atoms with van der Waals surface area (Å²) in [6.45, 7) is 2.44. The monoisotopic (exact) mass is 343 g/mol. The van der Waals surface area contributed by atoms with Crippen molar-refractivity contribution < 1.29 is 9.53 Å². The van der Waals surface area contributed by atoms with E-state index in [9.17, 15) is 4.79 Å². The minimum atomic E-state index is -0.136. The lowest BCUT2D eigenvalue weighted by Gasteiger charge is -2.18. The Labute approximate surface area is 143 Å². The molecule has 0 radical (unpaired) electrons. The molecule has 1 aromatic carbocycles. The van der Waals surface area contributed by atoms with Crippen molar-refractivity contribution in [3.05, 3.63) is 74.6 Å². The molecule has 5 heteroatoms. The topological polar surface area (TPSA) is 38.3 Å². The number of benzene rings is 1. The van der Waals surface area contributed by atoms with Crippen LogP contribution in [0, 0.1) is 0 Å². The van der Waals surface area contributed by atoms with Gasteiger partial charge in [-0.1, -0.05) is 18.2 Å². The third kappa shape index (κ3) is 3.63. The van der Waals surface area contributed by atoms with E-state index in [1.807, 2.05) is 54.1 Å². The van der Waals surface area contributed by atoms with Crippen LogP contribution in [0.5, 0.6) is 5.75 Å². The lowest BCUT2D eigenvalue weighted by molar-refractivity contribution is 0.0940. The number of nitrogens with one attached hydrogen (secondary N) is 1. The molecular formula is C18H17NO2S2. The second-order valence-corrected chi connectivity index (χ2v) is 6.67. The van der Waals surface area contributed by atoms with Gasteiger partial charge in [0, 0.05) is 4.88 Å². The van der Waals surface area contributed by atoms with E-state index >= 15 is 0 Å². The van der Waals surface area contributed by atoms with E-state index < -0.39 is 0 Å². The van der Waals surface area contributed by atoms with Crippen molar-refractivity contribution in [2.24, 2.45) is 0 Å². The number of amides is 1. The van der Waals surface area contributed by atoms with Gasteiger partial charge in [-0.3, -0.25) is 4.79 Å². The lowest BCUT2D eigenvalue weighted by atomic mass is 10.1. The number of hydrogen-bond donors (Lipinski definition) is 1. The molecule has 0 aliphatic heterocycles. The van der Waals surface area contributed by atoms with Gasteiger partial charge in [0.15, 0.2) is 0 Å². The van der Waals surface area contributed by atoms with Crippen LogP contribution in [0.4, 0.5) is 0 Å². The summed E-state index contributed by atoms with van der Waals surface area (Å²) in [4.78, 5) is 13.9. The second-order valence-electron chi connectivity index (χ2n) is 4.91. The molecule has 2 aromatic heterocycles. The molecule has 118 valence electrons. The zero-order valence-electron chi connectivity index (χ0n) is 12.7. The summed E-state index contributed by atoms with van der Waals surface area (Å²) in [7, 11) is 0. The molecule has 1 amide bonds. The number of carbonyl (C=O) groups excluding carboxylic acids is 1. The van der Waals surface area contributed by atoms with Gasteiger partial charge in [-0.15, -0.1) is 11.3 Å². The highest BCUT2D eigenvalue weighted by atomic mass is 32.1. The Morgan fingerprint density at radius 3 is 2.74 bits per heavy atom. The summed E-state index contributed by atoms with van der Waals surface area (Å²) >= 11 is 3.27. The van der Waals surface area contributed by atoms with Gasteiger partial charge in [0.25, 0.3) is 5.91 Å². The van der Waals surface area contributed by atoms with Crippen LogP contribution in [0.1, 0.15) is 33.8 Å². The standard InChI is InChI=1S/C18H17NO2S2/c1-2-21-15-7-4-3-6-14(15)18(20)19-17(13-9-11-22-12-13)16-8-5-10-23-16/h3-12,17H,2H2,1H3,(H,19,20)/t17-/m1/s1. The van der Waals surface area contributed by atoms with E-state index in [0.717, 1.165) is 10.4 Å². The van der Waals surface area contributed by atoms with Crippen LogP contribution in [0.15, 0.2) is 58.6 Å². The SMILES string of the molecule is CCOc1ccccc1C(=O)N[C@H](c1ccsc1)c1cccs1. The molecule has 23 heavy (non-hydrogen) atoms. The van der Waals surface area contributed by atoms with Crippen LogP contribution in [0.2, 0.25) is 0 Å². The summed E-state index contributed by atoms with van der Waals surface area (Å²) in [5, 5.41) is 9.25. The van der Waals surface area contributed by atoms with Crippen LogP contribution >= 0.6 is 22.7 Å². The summed E-state index contributed by atoms with van der Waals surface area (Å²) in [5.74, 6) is 0.487. The largest absolute Gasteiger partial charge is 0.493 e. The third-order valence-corrected chi connectivity index (χ3v) is 5.05. The molecule has 0 saturated heterocycles. The molecule has 0 unspecified atom stereocenters. The maximum Gasteiger partial charge on any atom is 0.255 e. The Morgan fingerprint density at radius 1 is 1.17 bits per heavy atom. The van der Waals surface area contributed by atoms with E-state index in [1.165, 1.54) is 0 Å². The van der Waals surface area contributed by atoms with Gasteiger partial charge in [-0.05, 0) is 52.9 Å². The van der Waals surface area contributed by atoms with Gasteiger partial charge in [-0.2, -0.15) is 11.3 Å². The molecule has 0 aliphatic carbocycles. The van der Waals surface area contributed by atoms with Crippen molar-refractivity contribution in [2.45, 2.75) is 13.0 Å². The fraction of sp³-hybridized carbons (Fsp3) is 0.167. The molecule has 1 N–H and O–H groups in total. The molecule has 1 atom stereocenters. The zero-order valence-corrected chi connectivity index (χ0v) is 14.3. The minimum Gasteiger partial charge on any atom is -0.493 e. The van der Waals surface area contributed by atoms with Crippen molar-refractivity contribution in [2.75, 3.05) is 6.61 Å². The van der Waals surface area contributed by atoms with Crippen LogP contribution in [0.25, 0.3) is 0 Å². The third-order valence-electron chi connectivity index (χ3n) is 3.41. The highest BCUT2D eigenvalue weighted by molar-refractivity contribution is 7.10. The first-order valence-corrected chi connectivity index (χ1v) is 9.20. The number of rotatable bonds is 6. The first-order chi connectivity index (χ1) is 11.3. The molecule has 0 spiro atoms. The number of thiophene rings is 2. The maximum absolute atomic E-state index is 12.8. The second kappa shape index (κ2) is 7.44. The zero-order chi connectivity index (χ0) is 16.1. The van der Waals surface area contributed by atoms with E-state index in [4.69, 9.17) is 4.74 Å². The Bertz CT molecular complexity index is 717. The molecule has 0 saturated carbocycles. The normalized spacial score (nSPS) is 11.9. The first kappa shape index (κ1) is 15.8. The highest BCUT2D eigenvalue weighted by Crippen LogP contribution is 2.28. The predicted octanol–water partition coefficient (Wildman–Crippen LogP) is 4.73. The van der Waals surface area contributed by atoms with Crippen molar-refractivity contribution >= 4 is 28.6 Å². The predicted molar refractivity (Wildman–Crippen MR) is 95.6 cm³/mol. The molecule has 3 nitrogen and oxygen atoms in total. The number of carbonyl (C=O) groups is 1. The van der Waals surface area contributed by atoms with Gasteiger partial charge in [-0.25, -0.2) is 0 Å². The molecule has 2 heterocycles. The maximum atomic E-state index is 12.8. The van der Waals surface area contributed by atoms with Crippen LogP contribution in [-0.2, 0) is 0 Å². The number of para-hydroxylation sites is 1. The van der Waals surface area contributed by atoms with Gasteiger partial charge in [0.05, 0.1) is 18.2 Å². The molecule has 0 aliphatic rings. The summed E-state index contributed by atoms with van der Waals surface area (Å²) < 4.78 is 5.56. The van der Waals surface area contributed by atoms with Crippen LogP contribution < -0.4 is 10.1 Å². The average molecular weight is 343 g/mol. The average Bonchev–Trinajstić information content (AvgIpc) is 3.27. The van der Waals surface area contributed by atoms with Gasteiger partial charge in [0.1, 0.15) is 5.75 Å². The van der Waals surface area contributed by atoms with Crippen LogP contribution in [0.3, 0.4) is 0 Å². The van der Waals surface area contributed by atoms with Crippen molar-refractivity contribution in [3.63, 3.8) is 0 Å². The van der Waals surface area contributed by atoms with Gasteiger partial charge < -0.3 is 10.1 Å². The smallest absolute Gasteiger partial charge is 0.255 e. The number of ether oxygens (including phenoxy) is 1. The van der Waals surface area contributed by atoms with Crippen LogP contribution in [-0.4, -0.2) is 12.5 Å². The number of hydrogen-bond acceptors (Lipinski definition) is 4.